The lowest BCUT2D eigenvalue weighted by Gasteiger charge is -2.25. The highest BCUT2D eigenvalue weighted by Gasteiger charge is 2.31. The van der Waals surface area contributed by atoms with Crippen LogP contribution >= 0.6 is 0 Å². The molecule has 0 atom stereocenters. The van der Waals surface area contributed by atoms with Crippen molar-refractivity contribution < 1.29 is 23.8 Å². The van der Waals surface area contributed by atoms with Gasteiger partial charge < -0.3 is 20.1 Å². The normalized spacial score (nSPS) is 17.3. The first-order valence-electron chi connectivity index (χ1n) is 10.5. The minimum Gasteiger partial charge on any atom is -0.492 e. The first kappa shape index (κ1) is 22.0. The smallest absolute Gasteiger partial charge is 0.270 e. The number of rotatable bonds is 6. The average Bonchev–Trinajstić information content (AvgIpc) is 3.44. The Bertz CT molecular complexity index is 1140. The van der Waals surface area contributed by atoms with Crippen LogP contribution in [0.25, 0.3) is 11.7 Å². The predicted octanol–water partition coefficient (Wildman–Crippen LogP) is 0.714. The number of ether oxygens (including phenoxy) is 1. The van der Waals surface area contributed by atoms with Gasteiger partial charge in [0.15, 0.2) is 5.56 Å². The van der Waals surface area contributed by atoms with Crippen LogP contribution in [0.5, 0.6) is 5.88 Å². The van der Waals surface area contributed by atoms with Crippen molar-refractivity contribution >= 4 is 23.5 Å². The van der Waals surface area contributed by atoms with Gasteiger partial charge in [-0.15, -0.1) is 0 Å². The summed E-state index contributed by atoms with van der Waals surface area (Å²) in [5.74, 6) is -1.59. The monoisotopic (exact) mass is 447 g/mol. The molecule has 2 aromatic heterocycles. The van der Waals surface area contributed by atoms with Gasteiger partial charge in [-0.05, 0) is 32.8 Å². The number of amides is 2. The zero-order valence-corrected chi connectivity index (χ0v) is 18.0. The van der Waals surface area contributed by atoms with Gasteiger partial charge >= 0.3 is 0 Å². The number of halogens is 1. The first-order valence-corrected chi connectivity index (χ1v) is 10.5. The third-order valence-electron chi connectivity index (χ3n) is 5.31. The van der Waals surface area contributed by atoms with Crippen LogP contribution in [0, 0.1) is 0 Å². The number of aromatic hydroxyl groups is 1. The molecule has 4 rings (SSSR count). The van der Waals surface area contributed by atoms with Gasteiger partial charge in [0.2, 0.25) is 11.8 Å². The number of carbonyl (C=O) groups is 2. The number of hydrogen-bond donors (Lipinski definition) is 2. The molecule has 2 amide bonds. The Balaban J connectivity index is 1.78. The van der Waals surface area contributed by atoms with Crippen molar-refractivity contribution in [1.82, 2.24) is 24.4 Å². The maximum atomic E-state index is 14.6. The number of alkyl halides is 1. The van der Waals surface area contributed by atoms with E-state index in [0.717, 1.165) is 21.9 Å². The van der Waals surface area contributed by atoms with Crippen LogP contribution in [0.2, 0.25) is 0 Å². The van der Waals surface area contributed by atoms with Crippen LogP contribution in [0.3, 0.4) is 0 Å². The molecule has 0 aromatic carbocycles. The van der Waals surface area contributed by atoms with Crippen LogP contribution in [0.1, 0.15) is 42.6 Å². The maximum absolute atomic E-state index is 14.6. The van der Waals surface area contributed by atoms with E-state index in [-0.39, 0.29) is 24.1 Å². The molecule has 3 heterocycles. The van der Waals surface area contributed by atoms with Gasteiger partial charge in [0, 0.05) is 30.8 Å². The van der Waals surface area contributed by atoms with Crippen molar-refractivity contribution in [1.29, 1.82) is 0 Å². The molecule has 1 saturated carbocycles. The first-order chi connectivity index (χ1) is 15.2. The molecular weight excluding hydrogens is 421 g/mol. The van der Waals surface area contributed by atoms with Crippen LogP contribution in [-0.4, -0.2) is 74.0 Å². The second-order valence-electron chi connectivity index (χ2n) is 8.66. The molecule has 2 aliphatic rings. The molecule has 172 valence electrons. The van der Waals surface area contributed by atoms with Gasteiger partial charge in [0.05, 0.1) is 26.0 Å². The number of carbonyl (C=O) groups excluding carboxylic acids is 2. The quantitative estimate of drug-likeness (QED) is 0.630. The van der Waals surface area contributed by atoms with E-state index in [1.807, 2.05) is 0 Å². The largest absolute Gasteiger partial charge is 0.492 e. The molecule has 2 fully saturated rings. The summed E-state index contributed by atoms with van der Waals surface area (Å²) in [4.78, 5) is 39.9. The molecule has 0 spiro atoms. The number of morpholine rings is 1. The van der Waals surface area contributed by atoms with E-state index in [1.165, 1.54) is 32.2 Å². The molecule has 1 aliphatic carbocycles. The molecule has 11 heteroatoms. The Labute approximate surface area is 183 Å². The fourth-order valence-electron chi connectivity index (χ4n) is 3.59. The number of nitrogens with zero attached hydrogens (tertiary/aromatic N) is 4. The molecule has 2 N–H and O–H groups in total. The Morgan fingerprint density at radius 3 is 2.66 bits per heavy atom. The fraction of sp³-hybridized carbons (Fsp3) is 0.524. The molecule has 0 unspecified atom stereocenters. The van der Waals surface area contributed by atoms with Gasteiger partial charge in [-0.25, -0.2) is 4.39 Å². The highest BCUT2D eigenvalue weighted by atomic mass is 19.1. The van der Waals surface area contributed by atoms with E-state index >= 15 is 0 Å². The van der Waals surface area contributed by atoms with Crippen molar-refractivity contribution in [3.8, 4) is 5.88 Å². The van der Waals surface area contributed by atoms with Gasteiger partial charge in [-0.2, -0.15) is 9.61 Å². The molecule has 0 radical (unpaired) electrons. The van der Waals surface area contributed by atoms with E-state index in [9.17, 15) is 23.9 Å². The number of fused-ring (bicyclic) bond motifs is 1. The summed E-state index contributed by atoms with van der Waals surface area (Å²) < 4.78 is 21.9. The Hall–Kier alpha value is -3.21. The lowest BCUT2D eigenvalue weighted by atomic mass is 10.1. The predicted molar refractivity (Wildman–Crippen MR) is 113 cm³/mol. The molecule has 10 nitrogen and oxygen atoms in total. The topological polar surface area (TPSA) is 118 Å². The lowest BCUT2D eigenvalue weighted by Crippen LogP contribution is -2.39. The van der Waals surface area contributed by atoms with Crippen LogP contribution < -0.4 is 10.9 Å². The van der Waals surface area contributed by atoms with Crippen molar-refractivity contribution in [3.05, 3.63) is 33.8 Å². The average molecular weight is 447 g/mol. The third kappa shape index (κ3) is 4.52. The minimum atomic E-state index is -1.79. The van der Waals surface area contributed by atoms with E-state index in [4.69, 9.17) is 4.74 Å². The van der Waals surface area contributed by atoms with E-state index < -0.39 is 28.6 Å². The van der Waals surface area contributed by atoms with Crippen LogP contribution in [0.15, 0.2) is 17.1 Å². The Kier molecular flexibility index (Phi) is 5.76. The molecule has 32 heavy (non-hydrogen) atoms. The molecule has 2 aromatic rings. The summed E-state index contributed by atoms with van der Waals surface area (Å²) in [6, 6.07) is -0.0367. The van der Waals surface area contributed by atoms with Gasteiger partial charge in [0.25, 0.3) is 11.5 Å². The maximum Gasteiger partial charge on any atom is 0.270 e. The van der Waals surface area contributed by atoms with E-state index in [0.29, 0.717) is 31.9 Å². The van der Waals surface area contributed by atoms with E-state index in [1.54, 1.807) is 4.90 Å². The van der Waals surface area contributed by atoms with Crippen molar-refractivity contribution in [2.24, 2.45) is 0 Å². The highest BCUT2D eigenvalue weighted by Crippen LogP contribution is 2.24. The zero-order valence-electron chi connectivity index (χ0n) is 18.0. The minimum absolute atomic E-state index is 0.0367. The fourth-order valence-corrected chi connectivity index (χ4v) is 3.59. The van der Waals surface area contributed by atoms with Crippen LogP contribution in [0.4, 0.5) is 4.39 Å². The van der Waals surface area contributed by atoms with E-state index in [2.05, 4.69) is 10.4 Å². The second kappa shape index (κ2) is 8.38. The van der Waals surface area contributed by atoms with Crippen molar-refractivity contribution in [3.63, 3.8) is 0 Å². The summed E-state index contributed by atoms with van der Waals surface area (Å²) in [6.45, 7) is 4.10. The second-order valence-corrected chi connectivity index (χ2v) is 8.66. The van der Waals surface area contributed by atoms with Gasteiger partial charge in [-0.3, -0.25) is 19.0 Å². The molecule has 1 aliphatic heterocycles. The number of hydrogen-bond acceptors (Lipinski definition) is 6. The van der Waals surface area contributed by atoms with Gasteiger partial charge in [-0.1, -0.05) is 0 Å². The summed E-state index contributed by atoms with van der Waals surface area (Å²) >= 11 is 0. The van der Waals surface area contributed by atoms with Crippen molar-refractivity contribution in [2.45, 2.75) is 44.9 Å². The molecular formula is C21H26FN5O5. The zero-order chi connectivity index (χ0) is 23.0. The standard InChI is InChI=1S/C21H26FN5O5/c1-21(2,22)12-26-18-13(3-6-15(28)25-7-9-32-10-8-25)11-23-27(18)20(31)16(19(26)30)17(29)24-14-4-5-14/h3,6,11,14,31H,4-5,7-10,12H2,1-2H3,(H,24,29)/b6-3+. The Morgan fingerprint density at radius 2 is 2.03 bits per heavy atom. The summed E-state index contributed by atoms with van der Waals surface area (Å²) in [6.07, 6.45) is 5.75. The molecule has 0 bridgehead atoms. The third-order valence-corrected chi connectivity index (χ3v) is 5.31. The summed E-state index contributed by atoms with van der Waals surface area (Å²) in [5.41, 5.74) is -2.68. The summed E-state index contributed by atoms with van der Waals surface area (Å²) in [5, 5.41) is 17.4. The van der Waals surface area contributed by atoms with Gasteiger partial charge in [0.1, 0.15) is 11.3 Å². The Morgan fingerprint density at radius 1 is 1.34 bits per heavy atom. The summed E-state index contributed by atoms with van der Waals surface area (Å²) in [7, 11) is 0. The number of nitrogens with one attached hydrogen (secondary N) is 1. The van der Waals surface area contributed by atoms with Crippen molar-refractivity contribution in [2.75, 3.05) is 26.3 Å². The number of aromatic nitrogens is 3. The van der Waals surface area contributed by atoms with Crippen LogP contribution in [-0.2, 0) is 16.1 Å². The SMILES string of the molecule is CC(C)(F)Cn1c(=O)c(C(=O)NC2CC2)c(O)n2ncc(/C=C/C(=O)N3CCOCC3)c12. The highest BCUT2D eigenvalue weighted by molar-refractivity contribution is 5.97. The molecule has 1 saturated heterocycles. The lowest BCUT2D eigenvalue weighted by molar-refractivity contribution is -0.129.